The molecule has 0 aromatic heterocycles. The number of benzene rings is 1. The molecular formula is C10H8O2S. The van der Waals surface area contributed by atoms with E-state index >= 15 is 0 Å². The molecule has 0 aliphatic carbocycles. The van der Waals surface area contributed by atoms with Crippen LogP contribution in [0.1, 0.15) is 11.5 Å². The molecular weight excluding hydrogens is 184 g/mol. The lowest BCUT2D eigenvalue weighted by molar-refractivity contribution is -0.137. The molecule has 1 aliphatic rings. The average Bonchev–Trinajstić information content (AvgIpc) is 2.17. The van der Waals surface area contributed by atoms with Crippen molar-refractivity contribution in [3.05, 3.63) is 41.3 Å². The molecule has 1 atom stereocenters. The summed E-state index contributed by atoms with van der Waals surface area (Å²) >= 11 is 1.57. The van der Waals surface area contributed by atoms with Crippen LogP contribution in [0.4, 0.5) is 0 Å². The SMILES string of the molecule is O=C(O)C1C=CSc2ccccc21. The zero-order chi connectivity index (χ0) is 9.26. The molecule has 0 spiro atoms. The van der Waals surface area contributed by atoms with Crippen molar-refractivity contribution in [2.24, 2.45) is 0 Å². The van der Waals surface area contributed by atoms with Gasteiger partial charge in [-0.3, -0.25) is 4.79 Å². The molecule has 0 radical (unpaired) electrons. The van der Waals surface area contributed by atoms with Crippen LogP contribution in [0.3, 0.4) is 0 Å². The fourth-order valence-corrected chi connectivity index (χ4v) is 2.23. The Morgan fingerprint density at radius 3 is 2.92 bits per heavy atom. The van der Waals surface area contributed by atoms with Gasteiger partial charge in [0, 0.05) is 4.90 Å². The predicted octanol–water partition coefficient (Wildman–Crippen LogP) is 2.47. The Labute approximate surface area is 80.3 Å². The van der Waals surface area contributed by atoms with Crippen molar-refractivity contribution in [3.63, 3.8) is 0 Å². The minimum absolute atomic E-state index is 0.475. The highest BCUT2D eigenvalue weighted by Gasteiger charge is 2.21. The van der Waals surface area contributed by atoms with Crippen LogP contribution in [0.2, 0.25) is 0 Å². The van der Waals surface area contributed by atoms with E-state index in [9.17, 15) is 4.79 Å². The lowest BCUT2D eigenvalue weighted by Gasteiger charge is -2.15. The molecule has 1 aliphatic heterocycles. The first kappa shape index (κ1) is 8.38. The predicted molar refractivity (Wildman–Crippen MR) is 51.8 cm³/mol. The molecule has 2 rings (SSSR count). The second-order valence-corrected chi connectivity index (χ2v) is 3.75. The lowest BCUT2D eigenvalue weighted by atomic mass is 9.99. The Hall–Kier alpha value is -1.22. The van der Waals surface area contributed by atoms with E-state index < -0.39 is 11.9 Å². The van der Waals surface area contributed by atoms with E-state index in [1.54, 1.807) is 17.8 Å². The van der Waals surface area contributed by atoms with Crippen molar-refractivity contribution >= 4 is 17.7 Å². The van der Waals surface area contributed by atoms with Crippen LogP contribution in [0.15, 0.2) is 40.6 Å². The first-order chi connectivity index (χ1) is 6.29. The Kier molecular flexibility index (Phi) is 2.10. The molecule has 0 fully saturated rings. The quantitative estimate of drug-likeness (QED) is 0.742. The van der Waals surface area contributed by atoms with Crippen LogP contribution < -0.4 is 0 Å². The van der Waals surface area contributed by atoms with E-state index in [2.05, 4.69) is 0 Å². The monoisotopic (exact) mass is 192 g/mol. The topological polar surface area (TPSA) is 37.3 Å². The van der Waals surface area contributed by atoms with Crippen LogP contribution in [0, 0.1) is 0 Å². The molecule has 1 heterocycles. The first-order valence-corrected chi connectivity index (χ1v) is 4.82. The summed E-state index contributed by atoms with van der Waals surface area (Å²) in [5.74, 6) is -1.26. The molecule has 2 nitrogen and oxygen atoms in total. The summed E-state index contributed by atoms with van der Waals surface area (Å²) < 4.78 is 0. The third-order valence-corrected chi connectivity index (χ3v) is 2.91. The maximum atomic E-state index is 10.9. The van der Waals surface area contributed by atoms with Crippen molar-refractivity contribution in [2.75, 3.05) is 0 Å². The summed E-state index contributed by atoms with van der Waals surface area (Å²) in [5, 5.41) is 10.8. The minimum atomic E-state index is -0.788. The molecule has 1 unspecified atom stereocenters. The number of fused-ring (bicyclic) bond motifs is 1. The Morgan fingerprint density at radius 1 is 1.38 bits per heavy atom. The molecule has 1 aromatic rings. The van der Waals surface area contributed by atoms with Gasteiger partial charge in [-0.05, 0) is 17.0 Å². The summed E-state index contributed by atoms with van der Waals surface area (Å²) in [5.41, 5.74) is 0.891. The summed E-state index contributed by atoms with van der Waals surface area (Å²) in [6.07, 6.45) is 1.72. The second kappa shape index (κ2) is 3.26. The molecule has 1 N–H and O–H groups in total. The maximum absolute atomic E-state index is 10.9. The van der Waals surface area contributed by atoms with E-state index in [1.165, 1.54) is 0 Å². The van der Waals surface area contributed by atoms with E-state index in [-0.39, 0.29) is 0 Å². The van der Waals surface area contributed by atoms with Gasteiger partial charge in [-0.15, -0.1) is 0 Å². The molecule has 0 saturated heterocycles. The molecule has 0 amide bonds. The van der Waals surface area contributed by atoms with E-state index in [4.69, 9.17) is 5.11 Å². The highest BCUT2D eigenvalue weighted by molar-refractivity contribution is 8.02. The molecule has 0 bridgehead atoms. The molecule has 1 aromatic carbocycles. The van der Waals surface area contributed by atoms with E-state index in [0.717, 1.165) is 10.5 Å². The van der Waals surface area contributed by atoms with Gasteiger partial charge in [0.2, 0.25) is 0 Å². The van der Waals surface area contributed by atoms with Crippen LogP contribution in [0.5, 0.6) is 0 Å². The van der Waals surface area contributed by atoms with Gasteiger partial charge in [-0.25, -0.2) is 0 Å². The third kappa shape index (κ3) is 1.47. The number of carboxylic acids is 1. The second-order valence-electron chi connectivity index (χ2n) is 2.80. The normalized spacial score (nSPS) is 19.5. The molecule has 66 valence electrons. The van der Waals surface area contributed by atoms with Crippen LogP contribution >= 0.6 is 11.8 Å². The van der Waals surface area contributed by atoms with Gasteiger partial charge in [0.05, 0.1) is 0 Å². The number of rotatable bonds is 1. The van der Waals surface area contributed by atoms with Gasteiger partial charge >= 0.3 is 5.97 Å². The first-order valence-electron chi connectivity index (χ1n) is 3.94. The van der Waals surface area contributed by atoms with E-state index in [0.29, 0.717) is 0 Å². The van der Waals surface area contributed by atoms with Gasteiger partial charge in [-0.2, -0.15) is 0 Å². The molecule has 13 heavy (non-hydrogen) atoms. The van der Waals surface area contributed by atoms with Gasteiger partial charge < -0.3 is 5.11 Å². The third-order valence-electron chi connectivity index (χ3n) is 1.99. The average molecular weight is 192 g/mol. The Bertz CT molecular complexity index is 371. The van der Waals surface area contributed by atoms with Crippen LogP contribution in [0.25, 0.3) is 0 Å². The molecule has 0 saturated carbocycles. The van der Waals surface area contributed by atoms with Gasteiger partial charge in [-0.1, -0.05) is 36.0 Å². The van der Waals surface area contributed by atoms with Crippen molar-refractivity contribution in [2.45, 2.75) is 10.8 Å². The highest BCUT2D eigenvalue weighted by atomic mass is 32.2. The smallest absolute Gasteiger partial charge is 0.314 e. The number of carbonyl (C=O) groups is 1. The Morgan fingerprint density at radius 2 is 2.15 bits per heavy atom. The zero-order valence-electron chi connectivity index (χ0n) is 6.81. The summed E-state index contributed by atoms with van der Waals surface area (Å²) in [7, 11) is 0. The standard InChI is InChI=1S/C10H8O2S/c11-10(12)8-5-6-13-9-4-2-1-3-7(8)9/h1-6,8H,(H,11,12). The largest absolute Gasteiger partial charge is 0.481 e. The zero-order valence-corrected chi connectivity index (χ0v) is 7.62. The van der Waals surface area contributed by atoms with Gasteiger partial charge in [0.1, 0.15) is 5.92 Å². The van der Waals surface area contributed by atoms with Crippen molar-refractivity contribution in [3.8, 4) is 0 Å². The maximum Gasteiger partial charge on any atom is 0.314 e. The number of hydrogen-bond acceptors (Lipinski definition) is 2. The fraction of sp³-hybridized carbons (Fsp3) is 0.100. The summed E-state index contributed by atoms with van der Waals surface area (Å²) in [4.78, 5) is 11.9. The number of hydrogen-bond donors (Lipinski definition) is 1. The lowest BCUT2D eigenvalue weighted by Crippen LogP contribution is -2.11. The van der Waals surface area contributed by atoms with Crippen LogP contribution in [-0.2, 0) is 4.79 Å². The van der Waals surface area contributed by atoms with Gasteiger partial charge in [0.15, 0.2) is 0 Å². The number of aliphatic carboxylic acids is 1. The molecule has 3 heteroatoms. The summed E-state index contributed by atoms with van der Waals surface area (Å²) in [6, 6.07) is 7.60. The highest BCUT2D eigenvalue weighted by Crippen LogP contribution is 2.35. The van der Waals surface area contributed by atoms with Crippen molar-refractivity contribution in [1.82, 2.24) is 0 Å². The van der Waals surface area contributed by atoms with Gasteiger partial charge in [0.25, 0.3) is 0 Å². The fourth-order valence-electron chi connectivity index (χ4n) is 1.35. The number of thioether (sulfide) groups is 1. The Balaban J connectivity index is 2.48. The van der Waals surface area contributed by atoms with E-state index in [1.807, 2.05) is 29.7 Å². The summed E-state index contributed by atoms with van der Waals surface area (Å²) in [6.45, 7) is 0. The van der Waals surface area contributed by atoms with Crippen molar-refractivity contribution in [1.29, 1.82) is 0 Å². The minimum Gasteiger partial charge on any atom is -0.481 e. The number of carboxylic acid groups (broad SMARTS) is 1. The van der Waals surface area contributed by atoms with Crippen molar-refractivity contribution < 1.29 is 9.90 Å². The van der Waals surface area contributed by atoms with Crippen LogP contribution in [-0.4, -0.2) is 11.1 Å².